The van der Waals surface area contributed by atoms with Crippen molar-refractivity contribution in [3.63, 3.8) is 0 Å². The molecular weight excluding hydrogens is 1110 g/mol. The summed E-state index contributed by atoms with van der Waals surface area (Å²) in [7, 11) is 0. The van der Waals surface area contributed by atoms with Gasteiger partial charge in [0.05, 0.1) is 0 Å². The predicted molar refractivity (Wildman–Crippen MR) is 399 cm³/mol. The summed E-state index contributed by atoms with van der Waals surface area (Å²) in [5.74, 6) is 1.79. The highest BCUT2D eigenvalue weighted by atomic mass is 16.5. The van der Waals surface area contributed by atoms with Crippen LogP contribution >= 0.6 is 0 Å². The number of benzene rings is 10. The first-order valence-electron chi connectivity index (χ1n) is 33.6. The van der Waals surface area contributed by atoms with E-state index in [2.05, 4.69) is 330 Å². The maximum atomic E-state index is 7.87. The van der Waals surface area contributed by atoms with E-state index >= 15 is 0 Å². The number of rotatable bonds is 5. The molecule has 4 aliphatic heterocycles. The van der Waals surface area contributed by atoms with Gasteiger partial charge in [-0.3, -0.25) is 0 Å². The van der Waals surface area contributed by atoms with Crippen molar-refractivity contribution in [3.05, 3.63) is 231 Å². The first kappa shape index (κ1) is 61.1. The fraction of sp³-hybridized carbons (Fsp3) is 0.302. The Morgan fingerprint density at radius 1 is 0.272 bits per heavy atom. The van der Waals surface area contributed by atoms with Gasteiger partial charge in [-0.15, -0.1) is 0 Å². The van der Waals surface area contributed by atoms with Crippen molar-refractivity contribution in [2.45, 2.75) is 172 Å². The molecule has 0 aromatic heterocycles. The molecule has 10 aromatic rings. The Bertz CT molecular complexity index is 4640. The van der Waals surface area contributed by atoms with Crippen molar-refractivity contribution in [3.8, 4) is 33.8 Å². The van der Waals surface area contributed by atoms with Crippen LogP contribution in [0.15, 0.2) is 170 Å². The van der Waals surface area contributed by atoms with E-state index in [0.717, 1.165) is 45.5 Å². The van der Waals surface area contributed by atoms with Crippen molar-refractivity contribution >= 4 is 97.4 Å². The third kappa shape index (κ3) is 10.0. The first-order valence-corrected chi connectivity index (χ1v) is 33.6. The number of anilines is 9. The Labute approximate surface area is 550 Å². The van der Waals surface area contributed by atoms with E-state index in [0.29, 0.717) is 0 Å². The molecule has 0 fully saturated rings. The number of aryl methyl sites for hydroxylation is 6. The summed E-state index contributed by atoms with van der Waals surface area (Å²) in [5.41, 5.74) is 36.8. The number of hydrogen-bond acceptors (Lipinski definition) is 4. The average molecular weight is 1200 g/mol. The lowest BCUT2D eigenvalue weighted by Gasteiger charge is -2.46. The summed E-state index contributed by atoms with van der Waals surface area (Å²) in [6.45, 7) is 48.2. The number of fused-ring (bicyclic) bond motifs is 8. The van der Waals surface area contributed by atoms with Crippen LogP contribution in [0, 0.1) is 41.5 Å². The van der Waals surface area contributed by atoms with Crippen molar-refractivity contribution in [2.75, 3.05) is 14.7 Å². The van der Waals surface area contributed by atoms with Gasteiger partial charge in [0.2, 0.25) is 0 Å². The monoisotopic (exact) mass is 1200 g/mol. The Kier molecular flexibility index (Phi) is 14.0. The second-order valence-electron chi connectivity index (χ2n) is 32.7. The Morgan fingerprint density at radius 3 is 0.957 bits per heavy atom. The van der Waals surface area contributed by atoms with Crippen LogP contribution in [0.3, 0.4) is 0 Å². The van der Waals surface area contributed by atoms with Gasteiger partial charge in [0.1, 0.15) is 11.5 Å². The highest BCUT2D eigenvalue weighted by Gasteiger charge is 2.49. The molecule has 462 valence electrons. The zero-order valence-corrected chi connectivity index (χ0v) is 58.6. The second kappa shape index (κ2) is 21.0. The fourth-order valence-electron chi connectivity index (χ4n) is 15.9. The van der Waals surface area contributed by atoms with E-state index in [1.165, 1.54) is 133 Å². The molecule has 0 atom stereocenters. The maximum Gasteiger partial charge on any atom is 0.256 e. The quantitative estimate of drug-likeness (QED) is 0.160. The minimum atomic E-state index is -0.164. The lowest BCUT2D eigenvalue weighted by molar-refractivity contribution is 0.488. The number of hydrogen-bond donors (Lipinski definition) is 0. The summed E-state index contributed by atoms with van der Waals surface area (Å²) in [4.78, 5) is 7.76. The van der Waals surface area contributed by atoms with Gasteiger partial charge in [-0.1, -0.05) is 206 Å². The van der Waals surface area contributed by atoms with E-state index in [1.54, 1.807) is 0 Å². The Balaban J connectivity index is 1.11. The van der Waals surface area contributed by atoms with Gasteiger partial charge in [0.25, 0.3) is 13.4 Å². The predicted octanol–water partition coefficient (Wildman–Crippen LogP) is 19.8. The smallest absolute Gasteiger partial charge is 0.256 e. The average Bonchev–Trinajstić information content (AvgIpc) is 0.691. The van der Waals surface area contributed by atoms with E-state index < -0.39 is 0 Å². The molecule has 0 unspecified atom stereocenters. The molecule has 4 heterocycles. The minimum absolute atomic E-state index is 0.00134. The summed E-state index contributed by atoms with van der Waals surface area (Å²) in [6, 6.07) is 67.4. The largest absolute Gasteiger partial charge is 0.458 e. The van der Waals surface area contributed by atoms with Crippen LogP contribution in [0.5, 0.6) is 11.5 Å². The van der Waals surface area contributed by atoms with Gasteiger partial charge in [0.15, 0.2) is 0 Å². The molecule has 14 rings (SSSR count). The van der Waals surface area contributed by atoms with Crippen LogP contribution in [0.4, 0.5) is 51.2 Å². The lowest BCUT2D eigenvalue weighted by Crippen LogP contribution is -2.64. The molecule has 0 saturated heterocycles. The molecule has 0 amide bonds. The third-order valence-electron chi connectivity index (χ3n) is 20.6. The second-order valence-corrected chi connectivity index (χ2v) is 32.7. The summed E-state index contributed by atoms with van der Waals surface area (Å²) >= 11 is 0. The van der Waals surface area contributed by atoms with Crippen LogP contribution in [0.1, 0.15) is 165 Å². The zero-order valence-electron chi connectivity index (χ0n) is 58.6. The van der Waals surface area contributed by atoms with Crippen LogP contribution in [-0.2, 0) is 27.1 Å². The Morgan fingerprint density at radius 2 is 0.587 bits per heavy atom. The molecule has 0 saturated carbocycles. The molecule has 0 N–H and O–H groups in total. The van der Waals surface area contributed by atoms with Crippen molar-refractivity contribution in [1.82, 2.24) is 0 Å². The van der Waals surface area contributed by atoms with Gasteiger partial charge >= 0.3 is 0 Å². The van der Waals surface area contributed by atoms with Gasteiger partial charge in [0, 0.05) is 57.3 Å². The topological polar surface area (TPSA) is 19.0 Å². The van der Waals surface area contributed by atoms with E-state index in [9.17, 15) is 0 Å². The molecule has 92 heavy (non-hydrogen) atoms. The standard InChI is InChI=1S/C86H91B2N3O/c1-50-38-52(3)78(53(4)39-50)56-42-73-80-74(43-56)91(65-34-26-60(27-35-65)84(13,14)15)72-49-76-69(48-68(72)87(80)66-46-61(85(16,17)18)28-36-70(66)89(73)63-30-22-58(23-31-63)82(7,8)9)88-67-47-62(86(19,20)21)29-37-71(67)90(64-32-24-59(25-33-64)83(10,11)12)75-44-57(45-77(92-76)81(75)88)79-54(5)40-51(2)41-55(79)6/h22-49H,1-21H3. The van der Waals surface area contributed by atoms with Crippen LogP contribution in [0.2, 0.25) is 0 Å². The molecule has 0 aliphatic carbocycles. The molecule has 10 aromatic carbocycles. The van der Waals surface area contributed by atoms with E-state index in [1.807, 2.05) is 0 Å². The number of ether oxygens (including phenoxy) is 1. The summed E-state index contributed by atoms with van der Waals surface area (Å²) < 4.78 is 7.87. The first-order chi connectivity index (χ1) is 43.2. The maximum absolute atomic E-state index is 7.87. The SMILES string of the molecule is Cc1cc(C)c(-c2cc3c4c(c2)N(c2ccc(C(C)(C)C)cc2)c2ccc(C(C)(C)C)cc2B4c2cc4c(cc2O3)N(c2ccc(C(C)(C)C)cc2)c2cc(-c3c(C)cc(C)cc3C)cc3c2B4c2cc(C(C)(C)C)ccc2N3c2ccc(C(C)(C)C)cc2)c(C)c1. The molecule has 6 heteroatoms. The molecule has 0 bridgehead atoms. The normalized spacial score (nSPS) is 14.1. The zero-order chi connectivity index (χ0) is 65.4. The van der Waals surface area contributed by atoms with Crippen molar-refractivity contribution in [2.24, 2.45) is 0 Å². The van der Waals surface area contributed by atoms with Crippen molar-refractivity contribution in [1.29, 1.82) is 0 Å². The molecule has 4 aliphatic rings. The van der Waals surface area contributed by atoms with Gasteiger partial charge in [-0.25, -0.2) is 0 Å². The molecular formula is C86H91B2N3O. The van der Waals surface area contributed by atoms with Crippen molar-refractivity contribution < 1.29 is 4.74 Å². The summed E-state index contributed by atoms with van der Waals surface area (Å²) in [6.07, 6.45) is 0. The third-order valence-corrected chi connectivity index (χ3v) is 20.6. The molecule has 0 radical (unpaired) electrons. The minimum Gasteiger partial charge on any atom is -0.458 e. The Hall–Kier alpha value is -8.47. The fourth-order valence-corrected chi connectivity index (χ4v) is 15.9. The molecule has 0 spiro atoms. The van der Waals surface area contributed by atoms with E-state index in [-0.39, 0.29) is 40.5 Å². The van der Waals surface area contributed by atoms with Gasteiger partial charge in [-0.05, 0) is 247 Å². The van der Waals surface area contributed by atoms with Gasteiger partial charge in [-0.2, -0.15) is 0 Å². The van der Waals surface area contributed by atoms with Gasteiger partial charge < -0.3 is 19.4 Å². The molecule has 4 nitrogen and oxygen atoms in total. The van der Waals surface area contributed by atoms with E-state index in [4.69, 9.17) is 4.74 Å². The highest BCUT2D eigenvalue weighted by molar-refractivity contribution is 7.02. The lowest BCUT2D eigenvalue weighted by atomic mass is 9.30. The van der Waals surface area contributed by atoms with Crippen LogP contribution < -0.4 is 52.2 Å². The van der Waals surface area contributed by atoms with Crippen LogP contribution in [-0.4, -0.2) is 13.4 Å². The number of nitrogens with zero attached hydrogens (tertiary/aromatic N) is 3. The summed E-state index contributed by atoms with van der Waals surface area (Å²) in [5, 5.41) is 0. The van der Waals surface area contributed by atoms with Crippen LogP contribution in [0.25, 0.3) is 22.3 Å². The highest BCUT2D eigenvalue weighted by Crippen LogP contribution is 2.51.